The van der Waals surface area contributed by atoms with Crippen LogP contribution in [0, 0.1) is 5.92 Å². The zero-order chi connectivity index (χ0) is 11.2. The van der Waals surface area contributed by atoms with Gasteiger partial charge in [0, 0.05) is 5.54 Å². The van der Waals surface area contributed by atoms with Crippen LogP contribution in [-0.2, 0) is 0 Å². The summed E-state index contributed by atoms with van der Waals surface area (Å²) in [5.74, 6) is 0.919. The van der Waals surface area contributed by atoms with Crippen molar-refractivity contribution in [3.8, 4) is 0 Å². The van der Waals surface area contributed by atoms with Crippen LogP contribution in [0.25, 0.3) is 0 Å². The molecule has 0 bridgehead atoms. The molecule has 0 aliphatic rings. The van der Waals surface area contributed by atoms with Crippen molar-refractivity contribution >= 4 is 0 Å². The molecule has 0 aromatic carbocycles. The summed E-state index contributed by atoms with van der Waals surface area (Å²) in [6.07, 6.45) is 6.78. The minimum absolute atomic E-state index is 0.356. The van der Waals surface area contributed by atoms with Gasteiger partial charge in [-0.25, -0.2) is 0 Å². The van der Waals surface area contributed by atoms with E-state index in [2.05, 4.69) is 46.7 Å². The van der Waals surface area contributed by atoms with Gasteiger partial charge < -0.3 is 4.90 Å². The van der Waals surface area contributed by atoms with E-state index in [1.807, 2.05) is 0 Å². The Hall–Kier alpha value is -0.0400. The molecule has 0 radical (unpaired) electrons. The van der Waals surface area contributed by atoms with E-state index in [0.29, 0.717) is 5.54 Å². The molecule has 0 aliphatic carbocycles. The van der Waals surface area contributed by atoms with Crippen molar-refractivity contribution in [2.75, 3.05) is 14.1 Å². The molecule has 0 fully saturated rings. The highest BCUT2D eigenvalue weighted by Crippen LogP contribution is 2.27. The first-order valence-electron chi connectivity index (χ1n) is 6.11. The molecular formula is C13H29N. The van der Waals surface area contributed by atoms with Crippen molar-refractivity contribution in [1.82, 2.24) is 4.90 Å². The van der Waals surface area contributed by atoms with Gasteiger partial charge in [0.05, 0.1) is 0 Å². The summed E-state index contributed by atoms with van der Waals surface area (Å²) in [6.45, 7) is 9.30. The van der Waals surface area contributed by atoms with E-state index < -0.39 is 0 Å². The molecule has 1 heteroatoms. The second kappa shape index (κ2) is 6.44. The summed E-state index contributed by atoms with van der Waals surface area (Å²) >= 11 is 0. The Morgan fingerprint density at radius 3 is 1.71 bits per heavy atom. The zero-order valence-electron chi connectivity index (χ0n) is 11.1. The van der Waals surface area contributed by atoms with Gasteiger partial charge in [0.1, 0.15) is 0 Å². The van der Waals surface area contributed by atoms with Crippen LogP contribution in [-0.4, -0.2) is 24.5 Å². The van der Waals surface area contributed by atoms with Crippen LogP contribution in [0.3, 0.4) is 0 Å². The topological polar surface area (TPSA) is 3.24 Å². The van der Waals surface area contributed by atoms with Gasteiger partial charge in [-0.15, -0.1) is 0 Å². The highest BCUT2D eigenvalue weighted by molar-refractivity contribution is 4.80. The summed E-state index contributed by atoms with van der Waals surface area (Å²) < 4.78 is 0. The molecule has 0 amide bonds. The molecule has 0 heterocycles. The van der Waals surface area contributed by atoms with Crippen molar-refractivity contribution in [1.29, 1.82) is 0 Å². The average Bonchev–Trinajstić information content (AvgIpc) is 2.04. The first-order chi connectivity index (χ1) is 6.44. The summed E-state index contributed by atoms with van der Waals surface area (Å²) in [5, 5.41) is 0. The highest BCUT2D eigenvalue weighted by atomic mass is 15.1. The Balaban J connectivity index is 4.12. The van der Waals surface area contributed by atoms with Gasteiger partial charge in [-0.3, -0.25) is 0 Å². The fraction of sp³-hybridized carbons (Fsp3) is 1.00. The normalized spacial score (nSPS) is 12.9. The predicted molar refractivity (Wildman–Crippen MR) is 65.7 cm³/mol. The summed E-state index contributed by atoms with van der Waals surface area (Å²) in [5.41, 5.74) is 0.356. The van der Waals surface area contributed by atoms with Crippen LogP contribution in [0.15, 0.2) is 0 Å². The first kappa shape index (κ1) is 14.0. The van der Waals surface area contributed by atoms with Crippen molar-refractivity contribution in [3.05, 3.63) is 0 Å². The van der Waals surface area contributed by atoms with Gasteiger partial charge in [0.2, 0.25) is 0 Å². The van der Waals surface area contributed by atoms with Crippen molar-refractivity contribution < 1.29 is 0 Å². The van der Waals surface area contributed by atoms with Crippen LogP contribution in [0.1, 0.15) is 59.8 Å². The Morgan fingerprint density at radius 1 is 1.00 bits per heavy atom. The lowest BCUT2D eigenvalue weighted by atomic mass is 9.84. The van der Waals surface area contributed by atoms with E-state index in [0.717, 1.165) is 5.92 Å². The minimum Gasteiger partial charge on any atom is -0.304 e. The fourth-order valence-electron chi connectivity index (χ4n) is 2.05. The zero-order valence-corrected chi connectivity index (χ0v) is 11.1. The largest absolute Gasteiger partial charge is 0.304 e. The Labute approximate surface area is 90.9 Å². The lowest BCUT2D eigenvalue weighted by Crippen LogP contribution is -2.39. The third-order valence-corrected chi connectivity index (χ3v) is 3.39. The third kappa shape index (κ3) is 4.99. The SMILES string of the molecule is CCCC(CCC)CC(C)(C)N(C)C. The molecule has 1 nitrogen and oxygen atoms in total. The molecule has 0 aromatic rings. The lowest BCUT2D eigenvalue weighted by molar-refractivity contribution is 0.147. The molecule has 0 N–H and O–H groups in total. The summed E-state index contributed by atoms with van der Waals surface area (Å²) in [4.78, 5) is 2.35. The Kier molecular flexibility index (Phi) is 6.43. The smallest absolute Gasteiger partial charge is 0.0149 e. The standard InChI is InChI=1S/C13H29N/c1-7-9-12(10-8-2)11-13(3,4)14(5)6/h12H,7-11H2,1-6H3. The van der Waals surface area contributed by atoms with Crippen molar-refractivity contribution in [2.45, 2.75) is 65.3 Å². The van der Waals surface area contributed by atoms with Gasteiger partial charge in [0.15, 0.2) is 0 Å². The highest BCUT2D eigenvalue weighted by Gasteiger charge is 2.24. The molecule has 0 saturated carbocycles. The maximum Gasteiger partial charge on any atom is 0.0149 e. The van der Waals surface area contributed by atoms with E-state index in [-0.39, 0.29) is 0 Å². The van der Waals surface area contributed by atoms with Crippen LogP contribution >= 0.6 is 0 Å². The van der Waals surface area contributed by atoms with Crippen LogP contribution in [0.2, 0.25) is 0 Å². The maximum absolute atomic E-state index is 2.35. The quantitative estimate of drug-likeness (QED) is 0.600. The van der Waals surface area contributed by atoms with Crippen molar-refractivity contribution in [2.24, 2.45) is 5.92 Å². The third-order valence-electron chi connectivity index (χ3n) is 3.39. The number of rotatable bonds is 7. The number of nitrogens with zero attached hydrogens (tertiary/aromatic N) is 1. The molecule has 14 heavy (non-hydrogen) atoms. The van der Waals surface area contributed by atoms with E-state index in [1.165, 1.54) is 32.1 Å². The van der Waals surface area contributed by atoms with Gasteiger partial charge >= 0.3 is 0 Å². The van der Waals surface area contributed by atoms with Crippen molar-refractivity contribution in [3.63, 3.8) is 0 Å². The van der Waals surface area contributed by atoms with Gasteiger partial charge in [-0.2, -0.15) is 0 Å². The Bertz CT molecular complexity index is 132. The monoisotopic (exact) mass is 199 g/mol. The summed E-state index contributed by atoms with van der Waals surface area (Å²) in [7, 11) is 4.38. The van der Waals surface area contributed by atoms with Crippen LogP contribution in [0.5, 0.6) is 0 Å². The minimum atomic E-state index is 0.356. The maximum atomic E-state index is 2.35. The van der Waals surface area contributed by atoms with Gasteiger partial charge in [-0.05, 0) is 40.3 Å². The van der Waals surface area contributed by atoms with E-state index in [9.17, 15) is 0 Å². The van der Waals surface area contributed by atoms with E-state index >= 15 is 0 Å². The Morgan fingerprint density at radius 2 is 1.43 bits per heavy atom. The molecule has 86 valence electrons. The van der Waals surface area contributed by atoms with E-state index in [1.54, 1.807) is 0 Å². The molecule has 0 saturated heterocycles. The van der Waals surface area contributed by atoms with E-state index in [4.69, 9.17) is 0 Å². The van der Waals surface area contributed by atoms with Crippen LogP contribution < -0.4 is 0 Å². The number of hydrogen-bond donors (Lipinski definition) is 0. The first-order valence-corrected chi connectivity index (χ1v) is 6.11. The molecule has 0 aliphatic heterocycles. The summed E-state index contributed by atoms with van der Waals surface area (Å²) in [6, 6.07) is 0. The molecule has 0 atom stereocenters. The molecule has 0 aromatic heterocycles. The number of hydrogen-bond acceptors (Lipinski definition) is 1. The molecular weight excluding hydrogens is 170 g/mol. The predicted octanol–water partition coefficient (Wildman–Crippen LogP) is 3.93. The molecule has 0 spiro atoms. The second-order valence-electron chi connectivity index (χ2n) is 5.35. The fourth-order valence-corrected chi connectivity index (χ4v) is 2.05. The van der Waals surface area contributed by atoms with Crippen LogP contribution in [0.4, 0.5) is 0 Å². The lowest BCUT2D eigenvalue weighted by Gasteiger charge is -2.36. The second-order valence-corrected chi connectivity index (χ2v) is 5.35. The van der Waals surface area contributed by atoms with Gasteiger partial charge in [0.25, 0.3) is 0 Å². The van der Waals surface area contributed by atoms with Gasteiger partial charge in [-0.1, -0.05) is 39.5 Å². The molecule has 0 unspecified atom stereocenters. The molecule has 0 rings (SSSR count). The average molecular weight is 199 g/mol.